The maximum absolute atomic E-state index is 15.0. The highest BCUT2D eigenvalue weighted by Crippen LogP contribution is 2.46. The molecule has 4 saturated heterocycles. The summed E-state index contributed by atoms with van der Waals surface area (Å²) in [7, 11) is 6.85. The lowest BCUT2D eigenvalue weighted by Crippen LogP contribution is -2.61. The summed E-state index contributed by atoms with van der Waals surface area (Å²) in [4.78, 5) is 20.9. The first-order chi connectivity index (χ1) is 36.2. The number of methoxy groups -OCH3 is 2. The number of carbonyl (C=O) groups excluding carboxylic acids is 1. The number of carbonyl (C=O) groups is 1. The van der Waals surface area contributed by atoms with Crippen molar-refractivity contribution in [3.8, 4) is 0 Å². The SMILES string of the molecule is CC[C@H]1OC(=O)[C@H](C)[C@@H](O[C@H]2C[C@@](C)(OC)[C@@H](O)[C@H](C)O2)[C@H](C)[C@@H](O[C@@H]2O[C@H](C)C[C@H](N(C)CCC3=CN([C@H](CF)[C@H](OC)c4ccc(N5C[C@@H]6C(N)[C@@H]6C5)cc4)NN3)[C@H]2O)[C@](C)(O)C[C@@H](C)CN(C)[C@H](C)[C@@H](O)[C@]1(C)O. The van der Waals surface area contributed by atoms with E-state index in [1.54, 1.807) is 53.7 Å². The molecule has 1 saturated carbocycles. The van der Waals surface area contributed by atoms with Gasteiger partial charge in [-0.05, 0) is 117 Å². The van der Waals surface area contributed by atoms with E-state index < -0.39 is 121 Å². The Morgan fingerprint density at radius 3 is 2.22 bits per heavy atom. The van der Waals surface area contributed by atoms with Crippen molar-refractivity contribution in [1.29, 1.82) is 0 Å². The predicted molar refractivity (Wildman–Crippen MR) is 287 cm³/mol. The molecule has 440 valence electrons. The predicted octanol–water partition coefficient (Wildman–Crippen LogP) is 2.95. The number of benzene rings is 1. The molecule has 0 amide bonds. The van der Waals surface area contributed by atoms with Crippen molar-refractivity contribution in [2.45, 2.75) is 210 Å². The normalized spacial score (nSPS) is 43.5. The van der Waals surface area contributed by atoms with E-state index in [0.717, 1.165) is 30.0 Å². The second-order valence-electron chi connectivity index (χ2n) is 24.5. The van der Waals surface area contributed by atoms with Gasteiger partial charge in [0, 0.05) is 94.9 Å². The van der Waals surface area contributed by atoms with Crippen molar-refractivity contribution < 1.29 is 67.9 Å². The highest BCUT2D eigenvalue weighted by Gasteiger charge is 2.55. The summed E-state index contributed by atoms with van der Waals surface area (Å²) in [5, 5.41) is 61.7. The third kappa shape index (κ3) is 13.4. The molecule has 1 unspecified atom stereocenters. The Bertz CT molecular complexity index is 2100. The zero-order valence-electron chi connectivity index (χ0n) is 48.3. The number of likely N-dealkylation sites (N-methyl/N-ethyl adjacent to an activating group) is 2. The lowest BCUT2D eigenvalue weighted by molar-refractivity contribution is -0.318. The van der Waals surface area contributed by atoms with Gasteiger partial charge in [-0.1, -0.05) is 32.9 Å². The van der Waals surface area contributed by atoms with Crippen molar-refractivity contribution >= 4 is 11.7 Å². The van der Waals surface area contributed by atoms with Gasteiger partial charge in [0.15, 0.2) is 12.6 Å². The van der Waals surface area contributed by atoms with Crippen LogP contribution in [0.3, 0.4) is 0 Å². The van der Waals surface area contributed by atoms with Crippen LogP contribution in [0, 0.1) is 29.6 Å². The van der Waals surface area contributed by atoms with Crippen molar-refractivity contribution in [2.24, 2.45) is 35.3 Å². The first-order valence-corrected chi connectivity index (χ1v) is 28.2. The first kappa shape index (κ1) is 61.8. The van der Waals surface area contributed by atoms with E-state index >= 15 is 4.39 Å². The lowest BCUT2D eigenvalue weighted by atomic mass is 9.77. The van der Waals surface area contributed by atoms with Crippen LogP contribution in [0.1, 0.15) is 113 Å². The summed E-state index contributed by atoms with van der Waals surface area (Å²) in [6.07, 6.45) is -7.53. The van der Waals surface area contributed by atoms with Crippen LogP contribution in [-0.4, -0.2) is 210 Å². The second-order valence-corrected chi connectivity index (χ2v) is 24.5. The number of fused-ring (bicyclic) bond motifs is 1. The van der Waals surface area contributed by atoms with Gasteiger partial charge < -0.3 is 84.5 Å². The number of aliphatic hydroxyl groups is 5. The van der Waals surface area contributed by atoms with E-state index in [4.69, 9.17) is 38.9 Å². The summed E-state index contributed by atoms with van der Waals surface area (Å²) < 4.78 is 59.4. The largest absolute Gasteiger partial charge is 0.459 e. The molecule has 6 aliphatic rings. The van der Waals surface area contributed by atoms with Crippen molar-refractivity contribution in [2.75, 3.05) is 66.1 Å². The third-order valence-electron chi connectivity index (χ3n) is 18.5. The Morgan fingerprint density at radius 2 is 1.61 bits per heavy atom. The van der Waals surface area contributed by atoms with Gasteiger partial charge in [-0.25, -0.2) is 4.39 Å². The number of piperidine rings is 1. The topological polar surface area (TPSA) is 246 Å². The number of nitrogens with two attached hydrogens (primary N) is 1. The number of hydrazine groups is 2. The number of alkyl halides is 1. The maximum Gasteiger partial charge on any atom is 0.311 e. The van der Waals surface area contributed by atoms with Gasteiger partial charge in [-0.2, -0.15) is 0 Å². The van der Waals surface area contributed by atoms with Gasteiger partial charge in [0.1, 0.15) is 48.8 Å². The summed E-state index contributed by atoms with van der Waals surface area (Å²) in [6, 6.07) is 6.72. The Balaban J connectivity index is 1.10. The zero-order chi connectivity index (χ0) is 56.6. The van der Waals surface area contributed by atoms with E-state index in [9.17, 15) is 30.3 Å². The van der Waals surface area contributed by atoms with Crippen molar-refractivity contribution in [3.05, 3.63) is 41.7 Å². The van der Waals surface area contributed by atoms with Gasteiger partial charge in [-0.15, -0.1) is 5.53 Å². The minimum atomic E-state index is -1.85. The molecule has 1 aromatic rings. The Labute approximate surface area is 456 Å². The summed E-state index contributed by atoms with van der Waals surface area (Å²) in [5.74, 6) is -1.72. The maximum atomic E-state index is 15.0. The van der Waals surface area contributed by atoms with Crippen LogP contribution < -0.4 is 21.6 Å². The molecule has 0 radical (unpaired) electrons. The average molecular weight is 1090 g/mol. The lowest BCUT2D eigenvalue weighted by Gasteiger charge is -2.49. The highest BCUT2D eigenvalue weighted by atomic mass is 19.1. The van der Waals surface area contributed by atoms with E-state index in [1.807, 2.05) is 63.0 Å². The number of hydrogen-bond donors (Lipinski definition) is 8. The molecular formula is C56H96FN7O13. The fourth-order valence-corrected chi connectivity index (χ4v) is 13.3. The molecule has 5 heterocycles. The molecule has 77 heavy (non-hydrogen) atoms. The number of esters is 1. The number of cyclic esters (lactones) is 1. The molecule has 5 aliphatic heterocycles. The standard InChI is InChI=1S/C56H96FN7O13/c1-15-43-56(10,70)49(66)34(6)62(12)26-30(2)23-54(8,69)51(32(4)47(33(5)52(68)75-43)76-44-24-55(9,72-14)50(67)35(7)74-44)77-53-46(65)41(22-31(3)73-53)61(11)21-20-37-27-64(60-59-37)42(25-57)48(71-13)36-16-18-38(19-17-36)63-28-39-40(29-63)45(39)58/h16-19,27,30-35,39-51,53,59-60,65-67,69-70H,15,20-26,28-29,58H2,1-14H3/t30-,31-,32+,33-,34-,35+,39-,40+,41+,42-,43-,44+,45?,46-,47+,48-,49-,50+,51-,53+,54-,55-,56-/m1/s1. The van der Waals surface area contributed by atoms with Crippen LogP contribution in [-0.2, 0) is 38.0 Å². The van der Waals surface area contributed by atoms with Crippen LogP contribution in [0.2, 0.25) is 0 Å². The Hall–Kier alpha value is -2.84. The number of hydrogen-bond acceptors (Lipinski definition) is 20. The van der Waals surface area contributed by atoms with Crippen molar-refractivity contribution in [1.82, 2.24) is 25.8 Å². The molecule has 20 nitrogen and oxygen atoms in total. The molecule has 7 rings (SSSR count). The molecule has 9 N–H and O–H groups in total. The van der Waals surface area contributed by atoms with Gasteiger partial charge in [0.05, 0.1) is 41.5 Å². The molecule has 1 aromatic carbocycles. The van der Waals surface area contributed by atoms with E-state index in [2.05, 4.69) is 28.0 Å². The second kappa shape index (κ2) is 25.1. The summed E-state index contributed by atoms with van der Waals surface area (Å²) >= 11 is 0. The molecule has 5 fully saturated rings. The van der Waals surface area contributed by atoms with Gasteiger partial charge >= 0.3 is 5.97 Å². The van der Waals surface area contributed by atoms with Gasteiger partial charge in [0.2, 0.25) is 0 Å². The first-order valence-electron chi connectivity index (χ1n) is 28.2. The fraction of sp³-hybridized carbons (Fsp3) is 0.839. The number of nitrogens with one attached hydrogen (secondary N) is 2. The smallest absolute Gasteiger partial charge is 0.311 e. The van der Waals surface area contributed by atoms with E-state index in [0.29, 0.717) is 43.8 Å². The molecule has 0 aromatic heterocycles. The van der Waals surface area contributed by atoms with Crippen LogP contribution in [0.15, 0.2) is 36.2 Å². The van der Waals surface area contributed by atoms with Crippen LogP contribution in [0.4, 0.5) is 10.1 Å². The average Bonchev–Trinajstić information content (AvgIpc) is 3.77. The van der Waals surface area contributed by atoms with Crippen LogP contribution >= 0.6 is 0 Å². The Morgan fingerprint density at radius 1 is 0.948 bits per heavy atom. The molecule has 0 bridgehead atoms. The minimum Gasteiger partial charge on any atom is -0.459 e. The number of anilines is 1. The number of ether oxygens (including phenoxy) is 7. The zero-order valence-corrected chi connectivity index (χ0v) is 48.3. The summed E-state index contributed by atoms with van der Waals surface area (Å²) in [6.45, 7) is 19.6. The highest BCUT2D eigenvalue weighted by molar-refractivity contribution is 5.73. The molecule has 23 atom stereocenters. The van der Waals surface area contributed by atoms with E-state index in [-0.39, 0.29) is 31.3 Å². The minimum absolute atomic E-state index is 0.0903. The number of rotatable bonds is 16. The quantitative estimate of drug-likeness (QED) is 0.111. The molecule has 0 spiro atoms. The molecule has 1 aliphatic carbocycles. The van der Waals surface area contributed by atoms with E-state index in [1.165, 1.54) is 14.0 Å². The summed E-state index contributed by atoms with van der Waals surface area (Å²) in [5.41, 5.74) is 10.7. The number of halogens is 1. The fourth-order valence-electron chi connectivity index (χ4n) is 13.3. The molecule has 21 heteroatoms. The number of nitrogens with zero attached hydrogens (tertiary/aromatic N) is 4. The van der Waals surface area contributed by atoms with Gasteiger partial charge in [0.25, 0.3) is 0 Å². The monoisotopic (exact) mass is 1090 g/mol. The Kier molecular flexibility index (Phi) is 20.1. The third-order valence-corrected chi connectivity index (χ3v) is 18.5. The van der Waals surface area contributed by atoms with Gasteiger partial charge in [-0.3, -0.25) is 9.80 Å². The molecular weight excluding hydrogens is 998 g/mol. The van der Waals surface area contributed by atoms with Crippen molar-refractivity contribution in [3.63, 3.8) is 0 Å². The van der Waals surface area contributed by atoms with Crippen LogP contribution in [0.5, 0.6) is 0 Å². The number of aliphatic hydroxyl groups excluding tert-OH is 3. The van der Waals surface area contributed by atoms with Crippen LogP contribution in [0.25, 0.3) is 0 Å².